The van der Waals surface area contributed by atoms with Gasteiger partial charge in [-0.05, 0) is 18.2 Å². The summed E-state index contributed by atoms with van der Waals surface area (Å²) in [5, 5.41) is 13.8. The summed E-state index contributed by atoms with van der Waals surface area (Å²) >= 11 is 0. The Hall–Kier alpha value is -2.17. The van der Waals surface area contributed by atoms with E-state index in [0.717, 1.165) is 0 Å². The number of nitrogens with one attached hydrogen (secondary N) is 2. The lowest BCUT2D eigenvalue weighted by molar-refractivity contribution is -0.122. The largest absolute Gasteiger partial charge is 0.483 e. The summed E-state index contributed by atoms with van der Waals surface area (Å²) in [6.07, 6.45) is 0. The van der Waals surface area contributed by atoms with Gasteiger partial charge in [0.25, 0.3) is 5.91 Å². The molecule has 1 amide bonds. The number of carbonyl (C=O) groups excluding carboxylic acids is 1. The summed E-state index contributed by atoms with van der Waals surface area (Å²) in [5.41, 5.74) is 0.610. The zero-order valence-corrected chi connectivity index (χ0v) is 11.8. The molecule has 2 N–H and O–H groups in total. The summed E-state index contributed by atoms with van der Waals surface area (Å²) in [7, 11) is 1.60. The highest BCUT2D eigenvalue weighted by Gasteiger charge is 2.08. The summed E-state index contributed by atoms with van der Waals surface area (Å²) in [6, 6.07) is 5.88. The highest BCUT2D eigenvalue weighted by Crippen LogP contribution is 2.19. The molecule has 0 aliphatic heterocycles. The number of rotatable bonds is 9. The van der Waals surface area contributed by atoms with Crippen molar-refractivity contribution in [2.24, 2.45) is 0 Å². The van der Waals surface area contributed by atoms with Gasteiger partial charge in [-0.25, -0.2) is 4.39 Å². The second kappa shape index (κ2) is 9.69. The van der Waals surface area contributed by atoms with Crippen molar-refractivity contribution in [3.05, 3.63) is 29.6 Å². The number of nitrogens with zero attached hydrogens (tertiary/aromatic N) is 1. The molecule has 0 saturated heterocycles. The molecule has 0 radical (unpaired) electrons. The minimum Gasteiger partial charge on any atom is -0.483 e. The van der Waals surface area contributed by atoms with Crippen molar-refractivity contribution >= 4 is 5.91 Å². The summed E-state index contributed by atoms with van der Waals surface area (Å²) in [5.74, 6) is -0.354. The number of carbonyl (C=O) groups is 1. The van der Waals surface area contributed by atoms with Crippen LogP contribution in [-0.4, -0.2) is 39.3 Å². The van der Waals surface area contributed by atoms with Crippen LogP contribution in [0.3, 0.4) is 0 Å². The normalized spacial score (nSPS) is 9.95. The second-order valence-electron chi connectivity index (χ2n) is 4.15. The molecule has 0 fully saturated rings. The first-order valence-corrected chi connectivity index (χ1v) is 6.42. The van der Waals surface area contributed by atoms with Crippen LogP contribution in [0.15, 0.2) is 18.2 Å². The Kier molecular flexibility index (Phi) is 7.79. The molecule has 0 spiro atoms. The predicted octanol–water partition coefficient (Wildman–Crippen LogP) is 0.580. The van der Waals surface area contributed by atoms with E-state index in [9.17, 15) is 9.18 Å². The van der Waals surface area contributed by atoms with Gasteiger partial charge in [0, 0.05) is 25.8 Å². The van der Waals surface area contributed by atoms with Crippen LogP contribution in [0.2, 0.25) is 0 Å². The zero-order valence-electron chi connectivity index (χ0n) is 11.8. The van der Waals surface area contributed by atoms with Gasteiger partial charge < -0.3 is 20.1 Å². The van der Waals surface area contributed by atoms with E-state index in [1.165, 1.54) is 18.2 Å². The van der Waals surface area contributed by atoms with Gasteiger partial charge in [-0.1, -0.05) is 0 Å². The monoisotopic (exact) mass is 295 g/mol. The highest BCUT2D eigenvalue weighted by atomic mass is 19.1. The molecule has 21 heavy (non-hydrogen) atoms. The molecule has 0 aliphatic carbocycles. The number of hydrogen-bond donors (Lipinski definition) is 2. The summed E-state index contributed by atoms with van der Waals surface area (Å²) < 4.78 is 23.5. The van der Waals surface area contributed by atoms with Crippen LogP contribution in [-0.2, 0) is 16.1 Å². The van der Waals surface area contributed by atoms with Gasteiger partial charge in [0.1, 0.15) is 18.1 Å². The molecule has 0 saturated carbocycles. The topological polar surface area (TPSA) is 83.4 Å². The van der Waals surface area contributed by atoms with Crippen LogP contribution in [0.1, 0.15) is 5.56 Å². The van der Waals surface area contributed by atoms with E-state index in [2.05, 4.69) is 10.6 Å². The molecular formula is C14H18FN3O3. The Bertz CT molecular complexity index is 503. The maximum Gasteiger partial charge on any atom is 0.258 e. The molecule has 0 aromatic heterocycles. The standard InChI is InChI=1S/C14H18FN3O3/c1-20-7-6-17-9-11-8-12(15)2-3-13(11)21-10-14(19)18-5-4-16/h2-3,8,17H,5-7,9-10H2,1H3,(H,18,19). The third-order valence-corrected chi connectivity index (χ3v) is 2.54. The lowest BCUT2D eigenvalue weighted by Crippen LogP contribution is -2.29. The number of halogens is 1. The van der Waals surface area contributed by atoms with Crippen LogP contribution in [0, 0.1) is 17.1 Å². The third kappa shape index (κ3) is 6.70. The number of ether oxygens (including phenoxy) is 2. The first-order valence-electron chi connectivity index (χ1n) is 6.42. The predicted molar refractivity (Wildman–Crippen MR) is 74.1 cm³/mol. The van der Waals surface area contributed by atoms with Gasteiger partial charge >= 0.3 is 0 Å². The molecule has 1 rings (SSSR count). The Morgan fingerprint density at radius 1 is 1.48 bits per heavy atom. The number of hydrogen-bond acceptors (Lipinski definition) is 5. The second-order valence-corrected chi connectivity index (χ2v) is 4.15. The molecule has 0 bridgehead atoms. The van der Waals surface area contributed by atoms with Gasteiger partial charge in [0.05, 0.1) is 12.7 Å². The van der Waals surface area contributed by atoms with Crippen molar-refractivity contribution in [3.8, 4) is 11.8 Å². The summed E-state index contributed by atoms with van der Waals surface area (Å²) in [6.45, 7) is 1.27. The zero-order chi connectivity index (χ0) is 15.5. The van der Waals surface area contributed by atoms with Gasteiger partial charge in [-0.3, -0.25) is 4.79 Å². The van der Waals surface area contributed by atoms with E-state index < -0.39 is 5.91 Å². The molecule has 0 atom stereocenters. The minimum atomic E-state index is -0.404. The number of methoxy groups -OCH3 is 1. The molecule has 0 heterocycles. The number of nitriles is 1. The summed E-state index contributed by atoms with van der Waals surface area (Å²) in [4.78, 5) is 11.4. The van der Waals surface area contributed by atoms with E-state index >= 15 is 0 Å². The van der Waals surface area contributed by atoms with E-state index in [0.29, 0.717) is 31.0 Å². The van der Waals surface area contributed by atoms with Gasteiger partial charge in [-0.15, -0.1) is 0 Å². The SMILES string of the molecule is COCCNCc1cc(F)ccc1OCC(=O)NCC#N. The number of amides is 1. The maximum absolute atomic E-state index is 13.3. The van der Waals surface area contributed by atoms with Crippen molar-refractivity contribution < 1.29 is 18.7 Å². The van der Waals surface area contributed by atoms with Crippen LogP contribution in [0.5, 0.6) is 5.75 Å². The quantitative estimate of drug-likeness (QED) is 0.514. The van der Waals surface area contributed by atoms with Crippen molar-refractivity contribution in [3.63, 3.8) is 0 Å². The molecule has 0 aliphatic rings. The lowest BCUT2D eigenvalue weighted by Gasteiger charge is -2.12. The van der Waals surface area contributed by atoms with Gasteiger partial charge in [0.2, 0.25) is 0 Å². The fourth-order valence-corrected chi connectivity index (χ4v) is 1.56. The Morgan fingerprint density at radius 3 is 3.00 bits per heavy atom. The van der Waals surface area contributed by atoms with E-state index in [1.54, 1.807) is 13.2 Å². The fraction of sp³-hybridized carbons (Fsp3) is 0.429. The van der Waals surface area contributed by atoms with Crippen LogP contribution < -0.4 is 15.4 Å². The minimum absolute atomic E-state index is 0.0724. The van der Waals surface area contributed by atoms with Crippen molar-refractivity contribution in [1.82, 2.24) is 10.6 Å². The van der Waals surface area contributed by atoms with Gasteiger partial charge in [-0.2, -0.15) is 5.26 Å². The average molecular weight is 295 g/mol. The maximum atomic E-state index is 13.3. The van der Waals surface area contributed by atoms with Crippen LogP contribution in [0.4, 0.5) is 4.39 Å². The molecule has 1 aromatic rings. The van der Waals surface area contributed by atoms with E-state index in [4.69, 9.17) is 14.7 Å². The van der Waals surface area contributed by atoms with E-state index in [1.807, 2.05) is 0 Å². The van der Waals surface area contributed by atoms with Crippen molar-refractivity contribution in [2.75, 3.05) is 33.4 Å². The Morgan fingerprint density at radius 2 is 2.29 bits per heavy atom. The molecular weight excluding hydrogens is 277 g/mol. The molecule has 114 valence electrons. The number of benzene rings is 1. The molecule has 0 unspecified atom stereocenters. The Labute approximate surface area is 122 Å². The highest BCUT2D eigenvalue weighted by molar-refractivity contribution is 5.77. The van der Waals surface area contributed by atoms with Gasteiger partial charge in [0.15, 0.2) is 6.61 Å². The average Bonchev–Trinajstić information content (AvgIpc) is 2.48. The first-order chi connectivity index (χ1) is 10.2. The fourth-order valence-electron chi connectivity index (χ4n) is 1.56. The van der Waals surface area contributed by atoms with Crippen LogP contribution >= 0.6 is 0 Å². The van der Waals surface area contributed by atoms with E-state index in [-0.39, 0.29) is 19.0 Å². The first kappa shape index (κ1) is 16.9. The lowest BCUT2D eigenvalue weighted by atomic mass is 10.2. The molecule has 7 heteroatoms. The Balaban J connectivity index is 2.55. The van der Waals surface area contributed by atoms with Crippen molar-refractivity contribution in [1.29, 1.82) is 5.26 Å². The smallest absolute Gasteiger partial charge is 0.258 e. The molecule has 6 nitrogen and oxygen atoms in total. The third-order valence-electron chi connectivity index (χ3n) is 2.54. The molecule has 1 aromatic carbocycles. The van der Waals surface area contributed by atoms with Crippen LogP contribution in [0.25, 0.3) is 0 Å². The van der Waals surface area contributed by atoms with Crippen molar-refractivity contribution in [2.45, 2.75) is 6.54 Å².